The fourth-order valence-corrected chi connectivity index (χ4v) is 1.91. The van der Waals surface area contributed by atoms with Gasteiger partial charge in [0.25, 0.3) is 0 Å². The molecule has 0 saturated carbocycles. The third-order valence-corrected chi connectivity index (χ3v) is 3.42. The Morgan fingerprint density at radius 3 is 2.21 bits per heavy atom. The molecule has 0 radical (unpaired) electrons. The molecule has 0 aromatic heterocycles. The van der Waals surface area contributed by atoms with Crippen molar-refractivity contribution in [1.29, 1.82) is 0 Å². The highest BCUT2D eigenvalue weighted by molar-refractivity contribution is 5.90. The fourth-order valence-electron chi connectivity index (χ4n) is 1.91. The summed E-state index contributed by atoms with van der Waals surface area (Å²) in [5.74, 6) is -1.51. The minimum absolute atomic E-state index is 0.312. The molecule has 0 aliphatic rings. The summed E-state index contributed by atoms with van der Waals surface area (Å²) in [4.78, 5) is 23.4. The standard InChI is InChI=1S/C14H20N2O3/c1-3-14(4-2,13(18)19)16-12(17)11(15)10-8-6-5-7-9-10/h5-9,11H,3-4,15H2,1-2H3,(H,16,17)(H,18,19)/t11-/m0/s1. The lowest BCUT2D eigenvalue weighted by molar-refractivity contribution is -0.148. The molecule has 5 heteroatoms. The molecule has 0 heterocycles. The third-order valence-electron chi connectivity index (χ3n) is 3.42. The Hall–Kier alpha value is -1.88. The van der Waals surface area contributed by atoms with Crippen molar-refractivity contribution in [2.24, 2.45) is 5.73 Å². The minimum Gasteiger partial charge on any atom is -0.480 e. The number of amides is 1. The van der Waals surface area contributed by atoms with Crippen LogP contribution in [0.15, 0.2) is 30.3 Å². The lowest BCUT2D eigenvalue weighted by atomic mass is 9.92. The summed E-state index contributed by atoms with van der Waals surface area (Å²) in [7, 11) is 0. The zero-order valence-corrected chi connectivity index (χ0v) is 11.2. The number of benzene rings is 1. The Morgan fingerprint density at radius 2 is 1.79 bits per heavy atom. The number of carboxylic acid groups (broad SMARTS) is 1. The highest BCUT2D eigenvalue weighted by atomic mass is 16.4. The van der Waals surface area contributed by atoms with E-state index in [4.69, 9.17) is 5.73 Å². The normalized spacial score (nSPS) is 12.8. The van der Waals surface area contributed by atoms with Crippen LogP contribution in [0.4, 0.5) is 0 Å². The van der Waals surface area contributed by atoms with E-state index in [9.17, 15) is 14.7 Å². The zero-order valence-electron chi connectivity index (χ0n) is 11.2. The molecule has 1 amide bonds. The van der Waals surface area contributed by atoms with Gasteiger partial charge in [0.15, 0.2) is 0 Å². The minimum atomic E-state index is -1.25. The van der Waals surface area contributed by atoms with E-state index in [0.717, 1.165) is 0 Å². The van der Waals surface area contributed by atoms with Gasteiger partial charge in [-0.15, -0.1) is 0 Å². The Balaban J connectivity index is 2.87. The maximum absolute atomic E-state index is 12.1. The summed E-state index contributed by atoms with van der Waals surface area (Å²) < 4.78 is 0. The van der Waals surface area contributed by atoms with E-state index in [0.29, 0.717) is 18.4 Å². The number of nitrogens with one attached hydrogen (secondary N) is 1. The van der Waals surface area contributed by atoms with Crippen LogP contribution in [0.1, 0.15) is 38.3 Å². The first kappa shape index (κ1) is 15.2. The van der Waals surface area contributed by atoms with Crippen LogP contribution in [-0.4, -0.2) is 22.5 Å². The summed E-state index contributed by atoms with van der Waals surface area (Å²) in [6, 6.07) is 8.01. The summed E-state index contributed by atoms with van der Waals surface area (Å²) in [6.07, 6.45) is 0.623. The van der Waals surface area contributed by atoms with Crippen molar-refractivity contribution in [1.82, 2.24) is 5.32 Å². The number of carboxylic acids is 1. The molecule has 1 atom stereocenters. The second kappa shape index (κ2) is 6.33. The van der Waals surface area contributed by atoms with Crippen molar-refractivity contribution in [3.8, 4) is 0 Å². The quantitative estimate of drug-likeness (QED) is 0.725. The maximum Gasteiger partial charge on any atom is 0.329 e. The van der Waals surface area contributed by atoms with Crippen molar-refractivity contribution >= 4 is 11.9 Å². The van der Waals surface area contributed by atoms with Crippen molar-refractivity contribution in [3.05, 3.63) is 35.9 Å². The maximum atomic E-state index is 12.1. The molecule has 1 rings (SSSR count). The molecule has 0 fully saturated rings. The molecule has 0 unspecified atom stereocenters. The number of nitrogens with two attached hydrogens (primary N) is 1. The van der Waals surface area contributed by atoms with Crippen molar-refractivity contribution in [2.75, 3.05) is 0 Å². The first-order chi connectivity index (χ1) is 8.96. The van der Waals surface area contributed by atoms with Gasteiger partial charge in [-0.05, 0) is 18.4 Å². The Kier molecular flexibility index (Phi) is 5.06. The summed E-state index contributed by atoms with van der Waals surface area (Å²) in [5, 5.41) is 11.8. The van der Waals surface area contributed by atoms with Gasteiger partial charge in [0, 0.05) is 0 Å². The van der Waals surface area contributed by atoms with Crippen LogP contribution >= 0.6 is 0 Å². The first-order valence-corrected chi connectivity index (χ1v) is 6.32. The van der Waals surface area contributed by atoms with E-state index in [1.54, 1.807) is 38.1 Å². The molecule has 0 saturated heterocycles. The molecule has 1 aromatic rings. The number of hydrogen-bond donors (Lipinski definition) is 3. The molecule has 5 nitrogen and oxygen atoms in total. The van der Waals surface area contributed by atoms with Gasteiger partial charge < -0.3 is 16.2 Å². The third kappa shape index (κ3) is 3.32. The Bertz CT molecular complexity index is 441. The lowest BCUT2D eigenvalue weighted by Gasteiger charge is -2.29. The van der Waals surface area contributed by atoms with Crippen molar-refractivity contribution in [2.45, 2.75) is 38.3 Å². The highest BCUT2D eigenvalue weighted by Crippen LogP contribution is 2.18. The first-order valence-electron chi connectivity index (χ1n) is 6.32. The molecule has 0 aliphatic carbocycles. The average Bonchev–Trinajstić information content (AvgIpc) is 2.44. The van der Waals surface area contributed by atoms with Crippen LogP contribution in [0.25, 0.3) is 0 Å². The highest BCUT2D eigenvalue weighted by Gasteiger charge is 2.37. The lowest BCUT2D eigenvalue weighted by Crippen LogP contribution is -2.55. The van der Waals surface area contributed by atoms with Crippen LogP contribution in [0.3, 0.4) is 0 Å². The summed E-state index contributed by atoms with van der Waals surface area (Å²) in [5.41, 5.74) is 5.26. The van der Waals surface area contributed by atoms with E-state index in [2.05, 4.69) is 5.32 Å². The predicted molar refractivity (Wildman–Crippen MR) is 72.5 cm³/mol. The second-order valence-corrected chi connectivity index (χ2v) is 4.47. The smallest absolute Gasteiger partial charge is 0.329 e. The topological polar surface area (TPSA) is 92.4 Å². The molecule has 0 aliphatic heterocycles. The Labute approximate surface area is 112 Å². The molecule has 104 valence electrons. The molecule has 19 heavy (non-hydrogen) atoms. The molecule has 4 N–H and O–H groups in total. The molecule has 1 aromatic carbocycles. The Morgan fingerprint density at radius 1 is 1.26 bits per heavy atom. The van der Waals surface area contributed by atoms with Crippen LogP contribution < -0.4 is 11.1 Å². The molecule has 0 bridgehead atoms. The van der Waals surface area contributed by atoms with E-state index in [-0.39, 0.29) is 0 Å². The van der Waals surface area contributed by atoms with Gasteiger partial charge in [-0.1, -0.05) is 44.2 Å². The van der Waals surface area contributed by atoms with Gasteiger partial charge in [-0.3, -0.25) is 4.79 Å². The molecule has 0 spiro atoms. The van der Waals surface area contributed by atoms with Crippen LogP contribution in [0.2, 0.25) is 0 Å². The summed E-state index contributed by atoms with van der Waals surface area (Å²) in [6.45, 7) is 3.46. The van der Waals surface area contributed by atoms with Gasteiger partial charge in [0.2, 0.25) is 5.91 Å². The van der Waals surface area contributed by atoms with Gasteiger partial charge in [-0.2, -0.15) is 0 Å². The van der Waals surface area contributed by atoms with Gasteiger partial charge in [0.1, 0.15) is 11.6 Å². The van der Waals surface area contributed by atoms with Crippen LogP contribution in [0, 0.1) is 0 Å². The van der Waals surface area contributed by atoms with Gasteiger partial charge >= 0.3 is 5.97 Å². The predicted octanol–water partition coefficient (Wildman–Crippen LogP) is 1.45. The number of carbonyl (C=O) groups is 2. The monoisotopic (exact) mass is 264 g/mol. The van der Waals surface area contributed by atoms with E-state index in [1.165, 1.54) is 0 Å². The summed E-state index contributed by atoms with van der Waals surface area (Å²) >= 11 is 0. The fraction of sp³-hybridized carbons (Fsp3) is 0.429. The van der Waals surface area contributed by atoms with Crippen LogP contribution in [-0.2, 0) is 9.59 Å². The van der Waals surface area contributed by atoms with E-state index >= 15 is 0 Å². The largest absolute Gasteiger partial charge is 0.480 e. The number of hydrogen-bond acceptors (Lipinski definition) is 3. The SMILES string of the molecule is CCC(CC)(NC(=O)[C@@H](N)c1ccccc1)C(=O)O. The number of rotatable bonds is 6. The number of carbonyl (C=O) groups excluding carboxylic acids is 1. The zero-order chi connectivity index (χ0) is 14.5. The van der Waals surface area contributed by atoms with Crippen molar-refractivity contribution < 1.29 is 14.7 Å². The molecular formula is C14H20N2O3. The van der Waals surface area contributed by atoms with E-state index < -0.39 is 23.5 Å². The number of aliphatic carboxylic acids is 1. The van der Waals surface area contributed by atoms with Gasteiger partial charge in [0.05, 0.1) is 0 Å². The van der Waals surface area contributed by atoms with Gasteiger partial charge in [-0.25, -0.2) is 4.79 Å². The average molecular weight is 264 g/mol. The molecular weight excluding hydrogens is 244 g/mol. The van der Waals surface area contributed by atoms with E-state index in [1.807, 2.05) is 6.07 Å². The van der Waals surface area contributed by atoms with Crippen molar-refractivity contribution in [3.63, 3.8) is 0 Å². The second-order valence-electron chi connectivity index (χ2n) is 4.47. The van der Waals surface area contributed by atoms with Crippen LogP contribution in [0.5, 0.6) is 0 Å².